The summed E-state index contributed by atoms with van der Waals surface area (Å²) < 4.78 is 0. The van der Waals surface area contributed by atoms with Gasteiger partial charge in [0.25, 0.3) is 5.78 Å². The first-order chi connectivity index (χ1) is 6.31. The van der Waals surface area contributed by atoms with E-state index >= 15 is 0 Å². The maximum atomic E-state index is 9.97. The second-order valence-corrected chi connectivity index (χ2v) is 1.90. The van der Waals surface area contributed by atoms with Crippen LogP contribution in [0, 0.1) is 0 Å². The van der Waals surface area contributed by atoms with Gasteiger partial charge in [0, 0.05) is 0 Å². The Hall–Kier alpha value is -1.96. The van der Waals surface area contributed by atoms with Crippen molar-refractivity contribution in [1.82, 2.24) is 0 Å². The van der Waals surface area contributed by atoms with Crippen molar-refractivity contribution in [2.45, 2.75) is 6.42 Å². The largest absolute Gasteiger partial charge is 0.481 e. The second-order valence-electron chi connectivity index (χ2n) is 1.90. The van der Waals surface area contributed by atoms with Crippen molar-refractivity contribution in [2.75, 3.05) is 6.54 Å². The van der Waals surface area contributed by atoms with Gasteiger partial charge in [-0.1, -0.05) is 0 Å². The second kappa shape index (κ2) is 7.68. The van der Waals surface area contributed by atoms with Crippen LogP contribution in [0.2, 0.25) is 0 Å². The Labute approximate surface area is 77.9 Å². The molecule has 80 valence electrons. The van der Waals surface area contributed by atoms with Gasteiger partial charge in [0.1, 0.15) is 6.42 Å². The van der Waals surface area contributed by atoms with Crippen molar-refractivity contribution in [3.05, 3.63) is 0 Å². The maximum absolute atomic E-state index is 9.97. The lowest BCUT2D eigenvalue weighted by Gasteiger charge is -1.85. The number of hydrogen-bond acceptors (Lipinski definition) is 5. The lowest BCUT2D eigenvalue weighted by molar-refractivity contribution is -0.152. The summed E-state index contributed by atoms with van der Waals surface area (Å²) in [5, 5.41) is 23.3. The lowest BCUT2D eigenvalue weighted by Crippen LogP contribution is -2.16. The summed E-state index contributed by atoms with van der Waals surface area (Å²) in [7, 11) is 0. The molecule has 0 aromatic carbocycles. The summed E-state index contributed by atoms with van der Waals surface area (Å²) in [6, 6.07) is 0. The van der Waals surface area contributed by atoms with Crippen molar-refractivity contribution < 1.29 is 34.5 Å². The highest BCUT2D eigenvalue weighted by atomic mass is 16.4. The zero-order valence-electron chi connectivity index (χ0n) is 6.97. The van der Waals surface area contributed by atoms with Gasteiger partial charge in [0.15, 0.2) is 0 Å². The van der Waals surface area contributed by atoms with Crippen LogP contribution >= 0.6 is 0 Å². The number of rotatable bonds is 4. The van der Waals surface area contributed by atoms with Crippen LogP contribution < -0.4 is 5.73 Å². The minimum Gasteiger partial charge on any atom is -0.481 e. The third-order valence-electron chi connectivity index (χ3n) is 0.725. The fraction of sp³-hybridized carbons (Fsp3) is 0.333. The van der Waals surface area contributed by atoms with Gasteiger partial charge in [0.2, 0.25) is 0 Å². The van der Waals surface area contributed by atoms with Crippen LogP contribution in [0.15, 0.2) is 0 Å². The fourth-order valence-electron chi connectivity index (χ4n) is 0.213. The number of carboxylic acids is 3. The smallest absolute Gasteiger partial charge is 0.372 e. The number of nitrogens with two attached hydrogens (primary N) is 1. The minimum atomic E-state index is -1.71. The van der Waals surface area contributed by atoms with Gasteiger partial charge < -0.3 is 21.1 Å². The van der Waals surface area contributed by atoms with Crippen LogP contribution in [-0.2, 0) is 19.2 Å². The number of hydrogen-bond donors (Lipinski definition) is 4. The molecule has 5 N–H and O–H groups in total. The van der Waals surface area contributed by atoms with Crippen molar-refractivity contribution in [3.63, 3.8) is 0 Å². The first kappa shape index (κ1) is 14.6. The summed E-state index contributed by atoms with van der Waals surface area (Å²) in [5.74, 6) is -5.41. The van der Waals surface area contributed by atoms with Crippen molar-refractivity contribution in [1.29, 1.82) is 0 Å². The van der Waals surface area contributed by atoms with Crippen LogP contribution in [0.4, 0.5) is 0 Å². The minimum absolute atomic E-state index is 0.278. The average Bonchev–Trinajstić information content (AvgIpc) is 2.04. The predicted octanol–water partition coefficient (Wildman–Crippen LogP) is -1.86. The molecule has 0 spiro atoms. The summed E-state index contributed by atoms with van der Waals surface area (Å²) >= 11 is 0. The zero-order chi connectivity index (χ0) is 11.7. The van der Waals surface area contributed by atoms with E-state index in [0.717, 1.165) is 0 Å². The highest BCUT2D eigenvalue weighted by Crippen LogP contribution is 1.81. The third kappa shape index (κ3) is 12.7. The van der Waals surface area contributed by atoms with E-state index in [1.165, 1.54) is 0 Å². The van der Waals surface area contributed by atoms with E-state index < -0.39 is 30.1 Å². The normalized spacial score (nSPS) is 8.07. The van der Waals surface area contributed by atoms with Crippen LogP contribution in [-0.4, -0.2) is 45.6 Å². The molecule has 0 heterocycles. The van der Waals surface area contributed by atoms with E-state index in [-0.39, 0.29) is 6.54 Å². The first-order valence-electron chi connectivity index (χ1n) is 3.21. The molecule has 8 nitrogen and oxygen atoms in total. The summed E-state index contributed by atoms with van der Waals surface area (Å²) in [6.45, 7) is -0.278. The predicted molar refractivity (Wildman–Crippen MR) is 41.6 cm³/mol. The topological polar surface area (TPSA) is 155 Å². The van der Waals surface area contributed by atoms with E-state index in [9.17, 15) is 19.2 Å². The third-order valence-corrected chi connectivity index (χ3v) is 0.725. The van der Waals surface area contributed by atoms with E-state index in [1.54, 1.807) is 0 Å². The number of Topliss-reactive ketones (excluding diaryl/α,β-unsaturated/α-hetero) is 1. The highest BCUT2D eigenvalue weighted by Gasteiger charge is 2.14. The summed E-state index contributed by atoms with van der Waals surface area (Å²) in [4.78, 5) is 38.5. The van der Waals surface area contributed by atoms with Crippen LogP contribution in [0.5, 0.6) is 0 Å². The number of aliphatic carboxylic acids is 3. The Kier molecular flexibility index (Phi) is 7.98. The molecular weight excluding hydrogens is 198 g/mol. The van der Waals surface area contributed by atoms with Crippen LogP contribution in [0.1, 0.15) is 6.42 Å². The first-order valence-corrected chi connectivity index (χ1v) is 3.21. The number of carboxylic acid groups (broad SMARTS) is 3. The Morgan fingerprint density at radius 3 is 1.36 bits per heavy atom. The van der Waals surface area contributed by atoms with Crippen molar-refractivity contribution in [2.24, 2.45) is 5.73 Å². The van der Waals surface area contributed by atoms with Gasteiger partial charge in [-0.25, -0.2) is 4.79 Å². The molecule has 0 atom stereocenters. The quantitative estimate of drug-likeness (QED) is 0.309. The molecule has 14 heavy (non-hydrogen) atoms. The molecule has 0 aromatic heterocycles. The van der Waals surface area contributed by atoms with Gasteiger partial charge in [-0.15, -0.1) is 0 Å². The zero-order valence-corrected chi connectivity index (χ0v) is 6.97. The summed E-state index contributed by atoms with van der Waals surface area (Å²) in [5.41, 5.74) is 4.57. The molecule has 8 heteroatoms. The monoisotopic (exact) mass is 207 g/mol. The molecule has 0 aliphatic rings. The van der Waals surface area contributed by atoms with Gasteiger partial charge in [-0.3, -0.25) is 14.4 Å². The molecule has 0 saturated heterocycles. The molecule has 0 aliphatic heterocycles. The Balaban J connectivity index is 0. The van der Waals surface area contributed by atoms with E-state index in [2.05, 4.69) is 5.73 Å². The fourth-order valence-corrected chi connectivity index (χ4v) is 0.213. The molecule has 0 saturated carbocycles. The molecular formula is C6H9NO7. The number of carbonyl (C=O) groups is 4. The SMILES string of the molecule is NCC(=O)O.O=C(O)CC(=O)C(=O)O. The van der Waals surface area contributed by atoms with Crippen LogP contribution in [0.3, 0.4) is 0 Å². The molecule has 0 bridgehead atoms. The van der Waals surface area contributed by atoms with E-state index in [4.69, 9.17) is 15.3 Å². The van der Waals surface area contributed by atoms with E-state index in [0.29, 0.717) is 0 Å². The van der Waals surface area contributed by atoms with Gasteiger partial charge in [0.05, 0.1) is 6.54 Å². The molecule has 0 radical (unpaired) electrons. The Morgan fingerprint density at radius 2 is 1.29 bits per heavy atom. The number of carbonyl (C=O) groups excluding carboxylic acids is 1. The van der Waals surface area contributed by atoms with Crippen molar-refractivity contribution >= 4 is 23.7 Å². The van der Waals surface area contributed by atoms with Gasteiger partial charge in [-0.05, 0) is 0 Å². The van der Waals surface area contributed by atoms with Gasteiger partial charge in [-0.2, -0.15) is 0 Å². The molecule has 0 unspecified atom stereocenters. The molecule has 0 fully saturated rings. The molecule has 0 rings (SSSR count). The Bertz CT molecular complexity index is 247. The average molecular weight is 207 g/mol. The maximum Gasteiger partial charge on any atom is 0.372 e. The molecule has 0 aromatic rings. The number of ketones is 1. The standard InChI is InChI=1S/C4H4O5.C2H5NO2/c5-2(4(8)9)1-3(6)7;3-1-2(4)5/h1H2,(H,6,7)(H,8,9);1,3H2,(H,4,5). The van der Waals surface area contributed by atoms with Gasteiger partial charge >= 0.3 is 17.9 Å². The lowest BCUT2D eigenvalue weighted by atomic mass is 10.3. The highest BCUT2D eigenvalue weighted by molar-refractivity contribution is 6.35. The van der Waals surface area contributed by atoms with E-state index in [1.807, 2.05) is 0 Å². The van der Waals surface area contributed by atoms with Crippen LogP contribution in [0.25, 0.3) is 0 Å². The van der Waals surface area contributed by atoms with Crippen molar-refractivity contribution in [3.8, 4) is 0 Å². The molecule has 0 aliphatic carbocycles. The molecule has 0 amide bonds. The Morgan fingerprint density at radius 1 is 0.929 bits per heavy atom. The summed E-state index contributed by atoms with van der Waals surface area (Å²) in [6.07, 6.45) is -0.949.